The first-order chi connectivity index (χ1) is 9.14. The summed E-state index contributed by atoms with van der Waals surface area (Å²) in [6, 6.07) is 1.48. The topological polar surface area (TPSA) is 15.3 Å². The maximum Gasteiger partial charge on any atom is 0.0220 e. The van der Waals surface area contributed by atoms with Crippen molar-refractivity contribution in [2.24, 2.45) is 5.41 Å². The Morgan fingerprint density at radius 3 is 2.20 bits per heavy atom. The van der Waals surface area contributed by atoms with Gasteiger partial charge in [-0.1, -0.05) is 27.2 Å². The molecule has 1 saturated carbocycles. The molecule has 0 radical (unpaired) electrons. The minimum atomic E-state index is 0.224. The van der Waals surface area contributed by atoms with Crippen LogP contribution in [0.5, 0.6) is 0 Å². The molecule has 0 saturated heterocycles. The van der Waals surface area contributed by atoms with E-state index in [4.69, 9.17) is 0 Å². The summed E-state index contributed by atoms with van der Waals surface area (Å²) < 4.78 is 0. The molecule has 0 bridgehead atoms. The highest BCUT2D eigenvalue weighted by Crippen LogP contribution is 2.37. The molecular weight excluding hydrogens is 244 g/mol. The van der Waals surface area contributed by atoms with Gasteiger partial charge in [0.1, 0.15) is 0 Å². The lowest BCUT2D eigenvalue weighted by atomic mass is 9.75. The molecule has 1 N–H and O–H groups in total. The average molecular weight is 283 g/mol. The smallest absolute Gasteiger partial charge is 0.0220 e. The van der Waals surface area contributed by atoms with Gasteiger partial charge in [0, 0.05) is 24.2 Å². The minimum Gasteiger partial charge on any atom is -0.311 e. The predicted molar refractivity (Wildman–Crippen MR) is 90.3 cm³/mol. The number of hydrogen-bond acceptors (Lipinski definition) is 2. The van der Waals surface area contributed by atoms with E-state index in [0.717, 1.165) is 12.6 Å². The van der Waals surface area contributed by atoms with Gasteiger partial charge in [0.25, 0.3) is 0 Å². The molecule has 1 aliphatic carbocycles. The molecule has 20 heavy (non-hydrogen) atoms. The number of rotatable bonds is 6. The Morgan fingerprint density at radius 1 is 1.20 bits per heavy atom. The number of hydrogen-bond donors (Lipinski definition) is 1. The van der Waals surface area contributed by atoms with E-state index in [1.165, 1.54) is 38.5 Å². The Morgan fingerprint density at radius 2 is 1.75 bits per heavy atom. The molecule has 0 amide bonds. The van der Waals surface area contributed by atoms with Crippen LogP contribution in [0.25, 0.3) is 0 Å². The van der Waals surface area contributed by atoms with Gasteiger partial charge in [0.05, 0.1) is 0 Å². The number of nitrogens with zero attached hydrogens (tertiary/aromatic N) is 1. The first kappa shape index (κ1) is 18.0. The Balaban J connectivity index is 2.53. The molecule has 1 aliphatic rings. The lowest BCUT2D eigenvalue weighted by molar-refractivity contribution is 0.0868. The van der Waals surface area contributed by atoms with Crippen molar-refractivity contribution >= 4 is 0 Å². The zero-order valence-electron chi connectivity index (χ0n) is 15.1. The maximum absolute atomic E-state index is 3.70. The molecule has 1 fully saturated rings. The van der Waals surface area contributed by atoms with E-state index < -0.39 is 0 Å². The Hall–Kier alpha value is -0.0800. The van der Waals surface area contributed by atoms with Crippen molar-refractivity contribution in [1.29, 1.82) is 0 Å². The van der Waals surface area contributed by atoms with E-state index in [1.54, 1.807) is 0 Å². The molecule has 0 spiro atoms. The Labute approximate surface area is 127 Å². The summed E-state index contributed by atoms with van der Waals surface area (Å²) in [4.78, 5) is 2.68. The first-order valence-electron chi connectivity index (χ1n) is 8.61. The summed E-state index contributed by atoms with van der Waals surface area (Å²) in [7, 11) is 2.35. The Bertz CT molecular complexity index is 268. The molecule has 2 heteroatoms. The van der Waals surface area contributed by atoms with Gasteiger partial charge in [-0.05, 0) is 65.3 Å². The average Bonchev–Trinajstić information content (AvgIpc) is 2.32. The van der Waals surface area contributed by atoms with Gasteiger partial charge in [-0.15, -0.1) is 0 Å². The van der Waals surface area contributed by atoms with E-state index in [2.05, 4.69) is 58.8 Å². The van der Waals surface area contributed by atoms with E-state index in [0.29, 0.717) is 11.5 Å². The Kier molecular flexibility index (Phi) is 6.53. The van der Waals surface area contributed by atoms with Gasteiger partial charge in [0.15, 0.2) is 0 Å². The normalized spacial score (nSPS) is 22.2. The molecule has 1 atom stereocenters. The summed E-state index contributed by atoms with van der Waals surface area (Å²) in [6.07, 6.45) is 8.10. The van der Waals surface area contributed by atoms with Gasteiger partial charge >= 0.3 is 0 Å². The molecule has 2 nitrogen and oxygen atoms in total. The highest BCUT2D eigenvalue weighted by atomic mass is 15.2. The highest BCUT2D eigenvalue weighted by Gasteiger charge is 2.31. The molecule has 0 aromatic rings. The second-order valence-corrected chi connectivity index (χ2v) is 8.63. The zero-order valence-corrected chi connectivity index (χ0v) is 15.1. The monoisotopic (exact) mass is 282 g/mol. The summed E-state index contributed by atoms with van der Waals surface area (Å²) in [5.74, 6) is 0. The van der Waals surface area contributed by atoms with E-state index in [9.17, 15) is 0 Å². The van der Waals surface area contributed by atoms with Crippen LogP contribution in [-0.4, -0.2) is 36.1 Å². The zero-order chi connectivity index (χ0) is 15.4. The van der Waals surface area contributed by atoms with Gasteiger partial charge in [0.2, 0.25) is 0 Å². The van der Waals surface area contributed by atoms with E-state index in [1.807, 2.05) is 0 Å². The molecular formula is C18H38N2. The minimum absolute atomic E-state index is 0.224. The largest absolute Gasteiger partial charge is 0.311 e. The van der Waals surface area contributed by atoms with Crippen molar-refractivity contribution in [2.75, 3.05) is 13.6 Å². The van der Waals surface area contributed by atoms with Crippen LogP contribution in [0.1, 0.15) is 80.1 Å². The molecule has 0 aromatic carbocycles. The third kappa shape index (κ3) is 6.13. The van der Waals surface area contributed by atoms with Crippen LogP contribution in [0, 0.1) is 5.41 Å². The third-order valence-corrected chi connectivity index (χ3v) is 4.95. The standard InChI is InChI=1S/C18H38N2/c1-8-9-16(14-19-17(2,3)4)20(7)15-10-12-18(5,6)13-11-15/h15-16,19H,8-14H2,1-7H3. The van der Waals surface area contributed by atoms with Crippen LogP contribution in [-0.2, 0) is 0 Å². The van der Waals surface area contributed by atoms with Crippen LogP contribution >= 0.6 is 0 Å². The van der Waals surface area contributed by atoms with Crippen LogP contribution in [0.3, 0.4) is 0 Å². The molecule has 120 valence electrons. The van der Waals surface area contributed by atoms with Crippen LogP contribution < -0.4 is 5.32 Å². The van der Waals surface area contributed by atoms with Gasteiger partial charge in [-0.2, -0.15) is 0 Å². The second-order valence-electron chi connectivity index (χ2n) is 8.63. The van der Waals surface area contributed by atoms with Gasteiger partial charge in [-0.25, -0.2) is 0 Å². The van der Waals surface area contributed by atoms with E-state index >= 15 is 0 Å². The maximum atomic E-state index is 3.70. The summed E-state index contributed by atoms with van der Waals surface area (Å²) in [5.41, 5.74) is 0.794. The van der Waals surface area contributed by atoms with E-state index in [-0.39, 0.29) is 5.54 Å². The third-order valence-electron chi connectivity index (χ3n) is 4.95. The lowest BCUT2D eigenvalue weighted by Crippen LogP contribution is -2.50. The predicted octanol–water partition coefficient (Wildman–Crippen LogP) is 4.44. The fourth-order valence-corrected chi connectivity index (χ4v) is 3.30. The van der Waals surface area contributed by atoms with Gasteiger partial charge < -0.3 is 5.32 Å². The number of likely N-dealkylation sites (N-methyl/N-ethyl adjacent to an activating group) is 1. The number of nitrogens with one attached hydrogen (secondary N) is 1. The highest BCUT2D eigenvalue weighted by molar-refractivity contribution is 4.87. The summed E-state index contributed by atoms with van der Waals surface area (Å²) in [5, 5.41) is 3.70. The lowest BCUT2D eigenvalue weighted by Gasteiger charge is -2.42. The van der Waals surface area contributed by atoms with Crippen molar-refractivity contribution in [3.8, 4) is 0 Å². The molecule has 0 aromatic heterocycles. The van der Waals surface area contributed by atoms with Crippen LogP contribution in [0.15, 0.2) is 0 Å². The summed E-state index contributed by atoms with van der Waals surface area (Å²) in [6.45, 7) is 15.1. The second kappa shape index (κ2) is 7.26. The van der Waals surface area contributed by atoms with Crippen molar-refractivity contribution in [1.82, 2.24) is 10.2 Å². The van der Waals surface area contributed by atoms with Crippen molar-refractivity contribution < 1.29 is 0 Å². The molecule has 0 aliphatic heterocycles. The van der Waals surface area contributed by atoms with Crippen molar-refractivity contribution in [3.63, 3.8) is 0 Å². The quantitative estimate of drug-likeness (QED) is 0.774. The molecule has 1 rings (SSSR count). The van der Waals surface area contributed by atoms with Crippen LogP contribution in [0.4, 0.5) is 0 Å². The summed E-state index contributed by atoms with van der Waals surface area (Å²) >= 11 is 0. The fraction of sp³-hybridized carbons (Fsp3) is 1.00. The molecule has 0 heterocycles. The fourth-order valence-electron chi connectivity index (χ4n) is 3.30. The van der Waals surface area contributed by atoms with Crippen molar-refractivity contribution in [2.45, 2.75) is 97.7 Å². The molecule has 1 unspecified atom stereocenters. The van der Waals surface area contributed by atoms with Crippen LogP contribution in [0.2, 0.25) is 0 Å². The van der Waals surface area contributed by atoms with Gasteiger partial charge in [-0.3, -0.25) is 4.90 Å². The first-order valence-corrected chi connectivity index (χ1v) is 8.61. The van der Waals surface area contributed by atoms with Crippen molar-refractivity contribution in [3.05, 3.63) is 0 Å². The SMILES string of the molecule is CCCC(CNC(C)(C)C)N(C)C1CCC(C)(C)CC1.